The first kappa shape index (κ1) is 19.0. The highest BCUT2D eigenvalue weighted by atomic mass is 32.2. The topological polar surface area (TPSA) is 136 Å². The molecule has 0 aliphatic carbocycles. The molecule has 11 heteroatoms. The summed E-state index contributed by atoms with van der Waals surface area (Å²) >= 11 is 0. The summed E-state index contributed by atoms with van der Waals surface area (Å²) in [6, 6.07) is 11.0. The summed E-state index contributed by atoms with van der Waals surface area (Å²) in [5.74, 6) is 0.885. The Bertz CT molecular complexity index is 1080. The highest BCUT2D eigenvalue weighted by molar-refractivity contribution is 7.92. The molecule has 0 radical (unpaired) electrons. The summed E-state index contributed by atoms with van der Waals surface area (Å²) in [5, 5.41) is 3.66. The van der Waals surface area contributed by atoms with E-state index in [1.165, 1.54) is 37.9 Å². The van der Waals surface area contributed by atoms with E-state index < -0.39 is 16.1 Å². The third kappa shape index (κ3) is 4.71. The van der Waals surface area contributed by atoms with Crippen LogP contribution in [0.3, 0.4) is 0 Å². The van der Waals surface area contributed by atoms with Gasteiger partial charge in [0.25, 0.3) is 10.0 Å². The van der Waals surface area contributed by atoms with Crippen molar-refractivity contribution in [2.24, 2.45) is 5.10 Å². The first-order valence-corrected chi connectivity index (χ1v) is 9.33. The summed E-state index contributed by atoms with van der Waals surface area (Å²) in [6.45, 7) is 0. The molecule has 0 bridgehead atoms. The van der Waals surface area contributed by atoms with E-state index in [2.05, 4.69) is 30.0 Å². The number of nitrogens with zero attached hydrogens (tertiary/aromatic N) is 3. The van der Waals surface area contributed by atoms with Gasteiger partial charge < -0.3 is 9.15 Å². The van der Waals surface area contributed by atoms with Gasteiger partial charge in [-0.3, -0.25) is 0 Å². The number of ether oxygens (including phenoxy) is 1. The number of hydrogen-bond donors (Lipinski definition) is 2. The van der Waals surface area contributed by atoms with Crippen molar-refractivity contribution in [3.8, 4) is 11.3 Å². The zero-order chi connectivity index (χ0) is 20.0. The van der Waals surface area contributed by atoms with Crippen LogP contribution in [0.4, 0.5) is 10.7 Å². The van der Waals surface area contributed by atoms with Gasteiger partial charge in [0.15, 0.2) is 0 Å². The highest BCUT2D eigenvalue weighted by Crippen LogP contribution is 2.23. The van der Waals surface area contributed by atoms with Crippen LogP contribution >= 0.6 is 0 Å². The maximum Gasteiger partial charge on any atom is 0.427 e. The molecule has 2 heterocycles. The van der Waals surface area contributed by atoms with E-state index in [0.29, 0.717) is 17.1 Å². The maximum absolute atomic E-state index is 12.4. The van der Waals surface area contributed by atoms with Crippen LogP contribution in [-0.4, -0.2) is 37.8 Å². The molecule has 0 spiro atoms. The quantitative estimate of drug-likeness (QED) is 0.477. The summed E-state index contributed by atoms with van der Waals surface area (Å²) in [5.41, 5.74) is 2.80. The Morgan fingerprint density at radius 2 is 1.86 bits per heavy atom. The van der Waals surface area contributed by atoms with Crippen LogP contribution in [-0.2, 0) is 14.8 Å². The van der Waals surface area contributed by atoms with Crippen molar-refractivity contribution in [3.63, 3.8) is 0 Å². The molecule has 0 saturated heterocycles. The van der Waals surface area contributed by atoms with Crippen molar-refractivity contribution in [1.29, 1.82) is 0 Å². The number of carbonyl (C=O) groups excluding carboxylic acids is 1. The summed E-state index contributed by atoms with van der Waals surface area (Å²) in [6.07, 6.45) is 3.48. The number of nitrogens with one attached hydrogen (secondary N) is 2. The van der Waals surface area contributed by atoms with E-state index in [0.717, 1.165) is 0 Å². The van der Waals surface area contributed by atoms with Crippen molar-refractivity contribution >= 4 is 28.3 Å². The standard InChI is InChI=1S/C17H15N5O5S/c1-26-17(23)21-20-11-13-5-8-15(27-13)12-3-6-14(7-4-12)28(24,25)22-16-18-9-2-10-19-16/h2-11H,1H3,(H,21,23)(H,18,19,22). The zero-order valence-corrected chi connectivity index (χ0v) is 15.4. The van der Waals surface area contributed by atoms with Gasteiger partial charge in [0.1, 0.15) is 11.5 Å². The predicted octanol–water partition coefficient (Wildman–Crippen LogP) is 2.23. The largest absolute Gasteiger partial charge is 0.455 e. The van der Waals surface area contributed by atoms with Crippen molar-refractivity contribution in [2.45, 2.75) is 4.90 Å². The van der Waals surface area contributed by atoms with E-state index in [-0.39, 0.29) is 10.8 Å². The van der Waals surface area contributed by atoms with Gasteiger partial charge in [-0.1, -0.05) is 0 Å². The molecule has 0 aliphatic rings. The van der Waals surface area contributed by atoms with Crippen LogP contribution in [0.2, 0.25) is 0 Å². The van der Waals surface area contributed by atoms with E-state index >= 15 is 0 Å². The fourth-order valence-corrected chi connectivity index (χ4v) is 3.06. The number of aromatic nitrogens is 2. The molecule has 3 rings (SSSR count). The lowest BCUT2D eigenvalue weighted by atomic mass is 10.2. The molecular formula is C17H15N5O5S. The minimum atomic E-state index is -3.81. The number of rotatable bonds is 6. The first-order chi connectivity index (χ1) is 13.5. The molecule has 1 amide bonds. The predicted molar refractivity (Wildman–Crippen MR) is 100 cm³/mol. The SMILES string of the molecule is COC(=O)NN=Cc1ccc(-c2ccc(S(=O)(=O)Nc3ncccn3)cc2)o1. The second-order valence-corrected chi connectivity index (χ2v) is 6.95. The lowest BCUT2D eigenvalue weighted by Crippen LogP contribution is -2.16. The van der Waals surface area contributed by atoms with Crippen molar-refractivity contribution < 1.29 is 22.4 Å². The smallest absolute Gasteiger partial charge is 0.427 e. The minimum Gasteiger partial charge on any atom is -0.455 e. The van der Waals surface area contributed by atoms with Gasteiger partial charge in [0, 0.05) is 18.0 Å². The number of hydrogen-bond acceptors (Lipinski definition) is 8. The molecule has 3 aromatic rings. The van der Waals surface area contributed by atoms with Crippen LogP contribution in [0.25, 0.3) is 11.3 Å². The average molecular weight is 401 g/mol. The van der Waals surface area contributed by atoms with Gasteiger partial charge in [-0.05, 0) is 42.5 Å². The van der Waals surface area contributed by atoms with Gasteiger partial charge in [0.05, 0.1) is 18.2 Å². The lowest BCUT2D eigenvalue weighted by Gasteiger charge is -2.06. The number of benzene rings is 1. The molecule has 28 heavy (non-hydrogen) atoms. The number of sulfonamides is 1. The molecule has 0 aliphatic heterocycles. The molecule has 2 N–H and O–H groups in total. The normalized spacial score (nSPS) is 11.3. The molecule has 10 nitrogen and oxygen atoms in total. The molecule has 0 unspecified atom stereocenters. The Morgan fingerprint density at radius 3 is 2.54 bits per heavy atom. The Hall–Kier alpha value is -3.73. The maximum atomic E-state index is 12.4. The van der Waals surface area contributed by atoms with Gasteiger partial charge >= 0.3 is 6.09 Å². The second-order valence-electron chi connectivity index (χ2n) is 5.27. The monoisotopic (exact) mass is 401 g/mol. The van der Waals surface area contributed by atoms with Gasteiger partial charge in [0.2, 0.25) is 5.95 Å². The number of hydrazone groups is 1. The Balaban J connectivity index is 1.71. The van der Waals surface area contributed by atoms with E-state index in [1.807, 2.05) is 0 Å². The fourth-order valence-electron chi connectivity index (χ4n) is 2.10. The van der Waals surface area contributed by atoms with Gasteiger partial charge in [-0.25, -0.2) is 33.3 Å². The molecule has 0 atom stereocenters. The van der Waals surface area contributed by atoms with Crippen molar-refractivity contribution in [1.82, 2.24) is 15.4 Å². The summed E-state index contributed by atoms with van der Waals surface area (Å²) in [7, 11) is -2.58. The molecule has 1 aromatic carbocycles. The van der Waals surface area contributed by atoms with Crippen LogP contribution in [0, 0.1) is 0 Å². The second kappa shape index (κ2) is 8.31. The van der Waals surface area contributed by atoms with E-state index in [9.17, 15) is 13.2 Å². The lowest BCUT2D eigenvalue weighted by molar-refractivity contribution is 0.171. The van der Waals surface area contributed by atoms with Crippen molar-refractivity contribution in [2.75, 3.05) is 11.8 Å². The van der Waals surface area contributed by atoms with E-state index in [4.69, 9.17) is 4.42 Å². The number of furan rings is 1. The molecule has 0 saturated carbocycles. The van der Waals surface area contributed by atoms with E-state index in [1.54, 1.807) is 30.3 Å². The van der Waals surface area contributed by atoms with Gasteiger partial charge in [-0.2, -0.15) is 5.10 Å². The molecule has 0 fully saturated rings. The van der Waals surface area contributed by atoms with Crippen LogP contribution in [0.15, 0.2) is 69.3 Å². The molecular weight excluding hydrogens is 386 g/mol. The third-order valence-electron chi connectivity index (χ3n) is 3.40. The third-order valence-corrected chi connectivity index (χ3v) is 4.74. The highest BCUT2D eigenvalue weighted by Gasteiger charge is 2.16. The molecule has 2 aromatic heterocycles. The first-order valence-electron chi connectivity index (χ1n) is 7.85. The summed E-state index contributed by atoms with van der Waals surface area (Å²) < 4.78 is 37.0. The van der Waals surface area contributed by atoms with Crippen LogP contribution < -0.4 is 10.1 Å². The minimum absolute atomic E-state index is 0.0119. The Labute approximate surface area is 160 Å². The van der Waals surface area contributed by atoms with Gasteiger partial charge in [-0.15, -0.1) is 0 Å². The van der Waals surface area contributed by atoms with Crippen LogP contribution in [0.1, 0.15) is 5.76 Å². The summed E-state index contributed by atoms with van der Waals surface area (Å²) in [4.78, 5) is 18.6. The Kier molecular flexibility index (Phi) is 5.65. The van der Waals surface area contributed by atoms with Crippen LogP contribution in [0.5, 0.6) is 0 Å². The number of methoxy groups -OCH3 is 1. The zero-order valence-electron chi connectivity index (χ0n) is 14.6. The van der Waals surface area contributed by atoms with Crippen molar-refractivity contribution in [3.05, 3.63) is 60.6 Å². The fraction of sp³-hybridized carbons (Fsp3) is 0.0588. The number of carbonyl (C=O) groups is 1. The number of anilines is 1. The average Bonchev–Trinajstić information content (AvgIpc) is 3.17. The molecule has 144 valence electrons. The Morgan fingerprint density at radius 1 is 1.14 bits per heavy atom. The number of amides is 1.